The van der Waals surface area contributed by atoms with Crippen molar-refractivity contribution in [2.45, 2.75) is 25.9 Å². The van der Waals surface area contributed by atoms with Crippen molar-refractivity contribution < 1.29 is 28.5 Å². The van der Waals surface area contributed by atoms with Gasteiger partial charge in [-0.3, -0.25) is 4.98 Å². The van der Waals surface area contributed by atoms with Gasteiger partial charge in [-0.25, -0.2) is 19.2 Å². The first-order valence-electron chi connectivity index (χ1n) is 10.4. The number of carbonyl (C=O) groups is 1. The van der Waals surface area contributed by atoms with E-state index in [2.05, 4.69) is 15.0 Å². The number of likely N-dealkylation sites (tertiary alicyclic amines) is 1. The number of hydrogen-bond acceptors (Lipinski definition) is 7. The van der Waals surface area contributed by atoms with E-state index >= 15 is 0 Å². The topological polar surface area (TPSA) is 107 Å². The smallest absolute Gasteiger partial charge is 0.407 e. The second-order valence-electron chi connectivity index (χ2n) is 7.50. The van der Waals surface area contributed by atoms with Crippen LogP contribution in [0.25, 0.3) is 11.3 Å². The van der Waals surface area contributed by atoms with Crippen LogP contribution in [0.1, 0.15) is 18.4 Å². The van der Waals surface area contributed by atoms with Crippen LogP contribution in [0.2, 0.25) is 0 Å². The molecular formula is C23H23FN4O5. The van der Waals surface area contributed by atoms with Gasteiger partial charge in [-0.2, -0.15) is 0 Å². The highest BCUT2D eigenvalue weighted by Gasteiger charge is 2.25. The van der Waals surface area contributed by atoms with Crippen LogP contribution in [0, 0.1) is 12.7 Å². The Balaban J connectivity index is 1.49. The molecule has 1 aliphatic heterocycles. The predicted molar refractivity (Wildman–Crippen MR) is 116 cm³/mol. The summed E-state index contributed by atoms with van der Waals surface area (Å²) in [5.74, 6) is 0.445. The molecule has 0 unspecified atom stereocenters. The summed E-state index contributed by atoms with van der Waals surface area (Å²) in [7, 11) is 1.53. The first-order chi connectivity index (χ1) is 16.0. The van der Waals surface area contributed by atoms with Crippen LogP contribution in [-0.2, 0) is 0 Å². The number of pyridine rings is 1. The first-order valence-corrected chi connectivity index (χ1v) is 10.4. The zero-order valence-corrected chi connectivity index (χ0v) is 18.2. The fourth-order valence-corrected chi connectivity index (χ4v) is 3.57. The molecule has 0 bridgehead atoms. The third-order valence-electron chi connectivity index (χ3n) is 5.38. The van der Waals surface area contributed by atoms with E-state index in [1.165, 1.54) is 30.5 Å². The molecule has 1 aliphatic rings. The summed E-state index contributed by atoms with van der Waals surface area (Å²) in [5, 5.41) is 9.07. The minimum Gasteiger partial charge on any atom is -0.494 e. The Morgan fingerprint density at radius 2 is 1.88 bits per heavy atom. The van der Waals surface area contributed by atoms with Crippen molar-refractivity contribution in [1.82, 2.24) is 19.9 Å². The van der Waals surface area contributed by atoms with Crippen LogP contribution in [-0.4, -0.2) is 57.4 Å². The number of piperidine rings is 1. The first kappa shape index (κ1) is 22.3. The summed E-state index contributed by atoms with van der Waals surface area (Å²) in [6.45, 7) is 2.51. The minimum atomic E-state index is -0.933. The molecule has 3 aromatic rings. The van der Waals surface area contributed by atoms with E-state index in [-0.39, 0.29) is 17.7 Å². The van der Waals surface area contributed by atoms with Crippen LogP contribution in [0.15, 0.2) is 42.9 Å². The van der Waals surface area contributed by atoms with Gasteiger partial charge in [0.2, 0.25) is 11.8 Å². The molecule has 1 amide bonds. The molecule has 2 aromatic heterocycles. The Morgan fingerprint density at radius 3 is 2.58 bits per heavy atom. The molecule has 10 heteroatoms. The summed E-state index contributed by atoms with van der Waals surface area (Å²) in [4.78, 5) is 25.0. The average molecular weight is 454 g/mol. The fraction of sp³-hybridized carbons (Fsp3) is 0.304. The normalized spacial score (nSPS) is 14.1. The highest BCUT2D eigenvalue weighted by Crippen LogP contribution is 2.34. The number of amides is 1. The zero-order chi connectivity index (χ0) is 23.4. The van der Waals surface area contributed by atoms with Crippen molar-refractivity contribution in [3.8, 4) is 34.5 Å². The molecule has 1 aromatic carbocycles. The van der Waals surface area contributed by atoms with Crippen molar-refractivity contribution in [3.63, 3.8) is 0 Å². The van der Waals surface area contributed by atoms with Gasteiger partial charge in [-0.05, 0) is 37.3 Å². The Hall–Kier alpha value is -3.95. The maximum atomic E-state index is 14.8. The van der Waals surface area contributed by atoms with Gasteiger partial charge in [0.05, 0.1) is 12.7 Å². The van der Waals surface area contributed by atoms with E-state index in [1.807, 2.05) is 0 Å². The van der Waals surface area contributed by atoms with Gasteiger partial charge >= 0.3 is 6.09 Å². The molecule has 33 heavy (non-hydrogen) atoms. The number of ether oxygens (including phenoxy) is 3. The Labute approximate surface area is 189 Å². The van der Waals surface area contributed by atoms with Gasteiger partial charge in [0.25, 0.3) is 0 Å². The van der Waals surface area contributed by atoms with Gasteiger partial charge in [0, 0.05) is 37.7 Å². The molecule has 1 fully saturated rings. The molecule has 1 N–H and O–H groups in total. The third-order valence-corrected chi connectivity index (χ3v) is 5.38. The maximum absolute atomic E-state index is 14.8. The van der Waals surface area contributed by atoms with Crippen molar-refractivity contribution in [3.05, 3.63) is 54.2 Å². The summed E-state index contributed by atoms with van der Waals surface area (Å²) in [6.07, 6.45) is 2.90. The second kappa shape index (κ2) is 9.68. The summed E-state index contributed by atoms with van der Waals surface area (Å²) >= 11 is 0. The van der Waals surface area contributed by atoms with Crippen LogP contribution >= 0.6 is 0 Å². The molecule has 0 aliphatic carbocycles. The molecule has 1 saturated heterocycles. The minimum absolute atomic E-state index is 0.00355. The number of aromatic nitrogens is 3. The number of nitrogens with zero attached hydrogens (tertiary/aromatic N) is 4. The zero-order valence-electron chi connectivity index (χ0n) is 18.2. The number of hydrogen-bond donors (Lipinski definition) is 1. The molecule has 9 nitrogen and oxygen atoms in total. The monoisotopic (exact) mass is 454 g/mol. The highest BCUT2D eigenvalue weighted by molar-refractivity contribution is 5.67. The number of rotatable bonds is 6. The molecular weight excluding hydrogens is 431 g/mol. The summed E-state index contributed by atoms with van der Waals surface area (Å²) < 4.78 is 31.8. The van der Waals surface area contributed by atoms with Gasteiger partial charge in [0.15, 0.2) is 11.6 Å². The van der Waals surface area contributed by atoms with E-state index < -0.39 is 11.9 Å². The largest absolute Gasteiger partial charge is 0.494 e. The van der Waals surface area contributed by atoms with Gasteiger partial charge in [0.1, 0.15) is 23.9 Å². The highest BCUT2D eigenvalue weighted by atomic mass is 19.1. The van der Waals surface area contributed by atoms with Crippen molar-refractivity contribution in [1.29, 1.82) is 0 Å². The number of carboxylic acid groups (broad SMARTS) is 1. The van der Waals surface area contributed by atoms with Gasteiger partial charge in [-0.15, -0.1) is 0 Å². The molecule has 172 valence electrons. The van der Waals surface area contributed by atoms with E-state index in [9.17, 15) is 9.18 Å². The average Bonchev–Trinajstić information content (AvgIpc) is 2.83. The molecule has 4 rings (SSSR count). The van der Waals surface area contributed by atoms with E-state index in [0.29, 0.717) is 54.4 Å². The van der Waals surface area contributed by atoms with Crippen LogP contribution in [0.5, 0.6) is 23.3 Å². The van der Waals surface area contributed by atoms with Gasteiger partial charge < -0.3 is 24.2 Å². The summed E-state index contributed by atoms with van der Waals surface area (Å²) in [5.41, 5.74) is 1.59. The third kappa shape index (κ3) is 4.94. The van der Waals surface area contributed by atoms with Crippen molar-refractivity contribution >= 4 is 6.09 Å². The van der Waals surface area contributed by atoms with E-state index in [0.717, 1.165) is 0 Å². The lowest BCUT2D eigenvalue weighted by Crippen LogP contribution is -2.41. The lowest BCUT2D eigenvalue weighted by Gasteiger charge is -2.30. The van der Waals surface area contributed by atoms with Crippen molar-refractivity contribution in [2.24, 2.45) is 0 Å². The molecule has 0 saturated carbocycles. The van der Waals surface area contributed by atoms with E-state index in [4.69, 9.17) is 19.3 Å². The fourth-order valence-electron chi connectivity index (χ4n) is 3.57. The van der Waals surface area contributed by atoms with Gasteiger partial charge in [-0.1, -0.05) is 0 Å². The lowest BCUT2D eigenvalue weighted by atomic mass is 10.1. The maximum Gasteiger partial charge on any atom is 0.407 e. The Kier molecular flexibility index (Phi) is 6.53. The quantitative estimate of drug-likeness (QED) is 0.587. The summed E-state index contributed by atoms with van der Waals surface area (Å²) in [6, 6.07) is 8.01. The molecule has 0 atom stereocenters. The number of halogens is 1. The molecule has 3 heterocycles. The Bertz CT molecular complexity index is 1150. The molecule has 0 radical (unpaired) electrons. The van der Waals surface area contributed by atoms with Crippen LogP contribution in [0.4, 0.5) is 9.18 Å². The van der Waals surface area contributed by atoms with Crippen LogP contribution in [0.3, 0.4) is 0 Å². The number of methoxy groups -OCH3 is 1. The predicted octanol–water partition coefficient (Wildman–Crippen LogP) is 4.31. The standard InChI is InChI=1S/C23H23FN4O5/c1-14-21(32-16-7-10-28(11-8-16)23(29)30)26-13-27-22(14)33-18-6-5-15(12-17(18)24)20-19(31-2)4-3-9-25-20/h3-6,9,12-13,16H,7-8,10-11H2,1-2H3,(H,29,30). The van der Waals surface area contributed by atoms with E-state index in [1.54, 1.807) is 31.3 Å². The lowest BCUT2D eigenvalue weighted by molar-refractivity contribution is 0.0864. The number of benzene rings is 1. The molecule has 0 spiro atoms. The van der Waals surface area contributed by atoms with Crippen LogP contribution < -0.4 is 14.2 Å². The van der Waals surface area contributed by atoms with Crippen molar-refractivity contribution in [2.75, 3.05) is 20.2 Å². The second-order valence-corrected chi connectivity index (χ2v) is 7.50. The SMILES string of the molecule is COc1cccnc1-c1ccc(Oc2ncnc(OC3CCN(C(=O)O)CC3)c2C)c(F)c1. The Morgan fingerprint density at radius 1 is 1.12 bits per heavy atom.